The highest BCUT2D eigenvalue weighted by molar-refractivity contribution is 5.97. The molecule has 8 heteroatoms. The Morgan fingerprint density at radius 2 is 1.96 bits per heavy atom. The first-order chi connectivity index (χ1) is 13.6. The summed E-state index contributed by atoms with van der Waals surface area (Å²) in [6.45, 7) is 4.98. The normalized spacial score (nSPS) is 20.0. The number of carbonyl (C=O) groups is 1. The Balaban J connectivity index is 1.64. The molecule has 1 aliphatic heterocycles. The standard InChI is InChI=1S/C20H22N6O2/c1-24-9-11-25(12-10-24)14-26-17-7-3-2-6-16(17)18(20(26)28)22-23-19(27)15-5-4-8-21-13-15/h2-8,13,28H,9-12,14H2,1H3/p+2. The zero-order valence-electron chi connectivity index (χ0n) is 15.8. The van der Waals surface area contributed by atoms with E-state index in [0.29, 0.717) is 17.9 Å². The van der Waals surface area contributed by atoms with Gasteiger partial charge in [-0.3, -0.25) is 14.3 Å². The van der Waals surface area contributed by atoms with Gasteiger partial charge < -0.3 is 14.9 Å². The number of hydrogen-bond acceptors (Lipinski definition) is 4. The molecule has 1 amide bonds. The molecule has 3 N–H and O–H groups in total. The molecule has 1 fully saturated rings. The van der Waals surface area contributed by atoms with Crippen LogP contribution in [0.4, 0.5) is 5.69 Å². The fourth-order valence-electron chi connectivity index (χ4n) is 3.58. The second kappa shape index (κ2) is 7.87. The van der Waals surface area contributed by atoms with Crippen LogP contribution in [0, 0.1) is 0 Å². The largest absolute Gasteiger partial charge is 0.493 e. The summed E-state index contributed by atoms with van der Waals surface area (Å²) in [6, 6.07) is 11.0. The summed E-state index contributed by atoms with van der Waals surface area (Å²) in [4.78, 5) is 19.1. The number of fused-ring (bicyclic) bond motifs is 1. The van der Waals surface area contributed by atoms with Crippen LogP contribution < -0.4 is 9.80 Å². The van der Waals surface area contributed by atoms with Crippen LogP contribution in [0.3, 0.4) is 0 Å². The van der Waals surface area contributed by atoms with Gasteiger partial charge in [-0.25, -0.2) is 0 Å². The van der Waals surface area contributed by atoms with Crippen LogP contribution in [-0.4, -0.2) is 53.8 Å². The summed E-state index contributed by atoms with van der Waals surface area (Å²) in [7, 11) is 2.21. The number of azo groups is 1. The first-order valence-corrected chi connectivity index (χ1v) is 9.44. The molecule has 2 aromatic heterocycles. The molecule has 4 rings (SSSR count). The SMILES string of the molecule is C[NH+]1CC[NH+](Cn2c(O)c(N=NC(=O)c3cccnc3)c3ccccc32)CC1. The van der Waals surface area contributed by atoms with Crippen molar-refractivity contribution in [1.29, 1.82) is 0 Å². The highest BCUT2D eigenvalue weighted by Crippen LogP contribution is 2.38. The summed E-state index contributed by atoms with van der Waals surface area (Å²) >= 11 is 0. The van der Waals surface area contributed by atoms with Crippen LogP contribution in [0.2, 0.25) is 0 Å². The predicted octanol–water partition coefficient (Wildman–Crippen LogP) is 0.0367. The number of nitrogens with zero attached hydrogens (tertiary/aromatic N) is 4. The maximum atomic E-state index is 12.2. The Kier molecular flexibility index (Phi) is 5.14. The highest BCUT2D eigenvalue weighted by Gasteiger charge is 2.24. The van der Waals surface area contributed by atoms with Crippen molar-refractivity contribution >= 4 is 22.5 Å². The number of hydrogen-bond donors (Lipinski definition) is 3. The van der Waals surface area contributed by atoms with E-state index >= 15 is 0 Å². The average molecular weight is 380 g/mol. The Labute approximate surface area is 162 Å². The fraction of sp³-hybridized carbons (Fsp3) is 0.300. The number of aromatic nitrogens is 2. The van der Waals surface area contributed by atoms with Crippen molar-refractivity contribution in [1.82, 2.24) is 9.55 Å². The van der Waals surface area contributed by atoms with Crippen LogP contribution in [0.15, 0.2) is 59.0 Å². The summed E-state index contributed by atoms with van der Waals surface area (Å²) in [5.74, 6) is -0.445. The molecule has 1 aliphatic rings. The molecule has 0 atom stereocenters. The van der Waals surface area contributed by atoms with Crippen molar-refractivity contribution in [3.05, 3.63) is 54.4 Å². The molecule has 28 heavy (non-hydrogen) atoms. The van der Waals surface area contributed by atoms with Gasteiger partial charge in [-0.15, -0.1) is 10.2 Å². The quantitative estimate of drug-likeness (QED) is 0.558. The number of nitrogens with one attached hydrogen (secondary N) is 2. The van der Waals surface area contributed by atoms with Crippen LogP contribution in [0.5, 0.6) is 5.88 Å². The lowest BCUT2D eigenvalue weighted by atomic mass is 10.2. The van der Waals surface area contributed by atoms with Gasteiger partial charge in [-0.05, 0) is 18.2 Å². The fourth-order valence-corrected chi connectivity index (χ4v) is 3.58. The van der Waals surface area contributed by atoms with Crippen LogP contribution in [-0.2, 0) is 6.67 Å². The molecular formula is C20H24N6O2+2. The Bertz CT molecular complexity index is 1010. The van der Waals surface area contributed by atoms with E-state index in [-0.39, 0.29) is 5.88 Å². The maximum absolute atomic E-state index is 12.2. The third-order valence-electron chi connectivity index (χ3n) is 5.26. The van der Waals surface area contributed by atoms with E-state index in [1.807, 2.05) is 28.8 Å². The number of pyridine rings is 1. The second-order valence-corrected chi connectivity index (χ2v) is 7.23. The molecular weight excluding hydrogens is 356 g/mol. The second-order valence-electron chi connectivity index (χ2n) is 7.23. The predicted molar refractivity (Wildman–Crippen MR) is 104 cm³/mol. The van der Waals surface area contributed by atoms with Gasteiger partial charge in [0.1, 0.15) is 26.2 Å². The first-order valence-electron chi connectivity index (χ1n) is 9.44. The molecule has 3 aromatic rings. The smallest absolute Gasteiger partial charge is 0.296 e. The third kappa shape index (κ3) is 3.64. The number of aromatic hydroxyl groups is 1. The molecule has 0 bridgehead atoms. The van der Waals surface area contributed by atoms with Gasteiger partial charge in [0.2, 0.25) is 5.88 Å². The summed E-state index contributed by atoms with van der Waals surface area (Å²) in [5.41, 5.74) is 1.58. The van der Waals surface area contributed by atoms with Gasteiger partial charge in [0, 0.05) is 17.8 Å². The molecule has 0 spiro atoms. The maximum Gasteiger partial charge on any atom is 0.296 e. The minimum absolute atomic E-state index is 0.0442. The van der Waals surface area contributed by atoms with Crippen molar-refractivity contribution in [2.24, 2.45) is 10.2 Å². The zero-order valence-corrected chi connectivity index (χ0v) is 15.8. The zero-order chi connectivity index (χ0) is 19.5. The van der Waals surface area contributed by atoms with Gasteiger partial charge in [0.25, 0.3) is 5.91 Å². The molecule has 1 aromatic carbocycles. The van der Waals surface area contributed by atoms with E-state index in [4.69, 9.17) is 0 Å². The molecule has 144 valence electrons. The molecule has 3 heterocycles. The molecule has 0 radical (unpaired) electrons. The van der Waals surface area contributed by atoms with E-state index in [0.717, 1.165) is 37.1 Å². The van der Waals surface area contributed by atoms with Crippen molar-refractivity contribution in [3.63, 3.8) is 0 Å². The van der Waals surface area contributed by atoms with Gasteiger partial charge >= 0.3 is 0 Å². The molecule has 1 saturated heterocycles. The monoisotopic (exact) mass is 380 g/mol. The van der Waals surface area contributed by atoms with Crippen molar-refractivity contribution < 1.29 is 19.7 Å². The van der Waals surface area contributed by atoms with Gasteiger partial charge in [0.05, 0.1) is 18.1 Å². The number of benzene rings is 1. The molecule has 0 unspecified atom stereocenters. The number of amides is 1. The first kappa shape index (κ1) is 18.3. The molecule has 0 aliphatic carbocycles. The number of carbonyl (C=O) groups excluding carboxylic acids is 1. The average Bonchev–Trinajstić information content (AvgIpc) is 3.00. The Morgan fingerprint density at radius 1 is 1.18 bits per heavy atom. The number of quaternary nitrogens is 2. The summed E-state index contributed by atoms with van der Waals surface area (Å²) in [5, 5.41) is 19.5. The third-order valence-corrected chi connectivity index (χ3v) is 5.26. The number of piperazine rings is 1. The van der Waals surface area contributed by atoms with E-state index in [2.05, 4.69) is 22.3 Å². The topological polar surface area (TPSA) is 88.7 Å². The van der Waals surface area contributed by atoms with Crippen LogP contribution in [0.25, 0.3) is 10.9 Å². The lowest BCUT2D eigenvalue weighted by Crippen LogP contribution is -3.26. The van der Waals surface area contributed by atoms with E-state index in [1.165, 1.54) is 16.0 Å². The number of likely N-dealkylation sites (N-methyl/N-ethyl adjacent to an activating group) is 1. The minimum Gasteiger partial charge on any atom is -0.493 e. The lowest BCUT2D eigenvalue weighted by molar-refractivity contribution is -1.01. The van der Waals surface area contributed by atoms with Crippen molar-refractivity contribution in [3.8, 4) is 5.88 Å². The van der Waals surface area contributed by atoms with E-state index in [9.17, 15) is 9.90 Å². The lowest BCUT2D eigenvalue weighted by Gasteiger charge is -2.27. The van der Waals surface area contributed by atoms with Crippen LogP contribution in [0.1, 0.15) is 10.4 Å². The van der Waals surface area contributed by atoms with Crippen molar-refractivity contribution in [2.75, 3.05) is 33.2 Å². The molecule has 8 nitrogen and oxygen atoms in total. The van der Waals surface area contributed by atoms with Crippen molar-refractivity contribution in [2.45, 2.75) is 6.67 Å². The number of rotatable bonds is 4. The highest BCUT2D eigenvalue weighted by atomic mass is 16.3. The van der Waals surface area contributed by atoms with E-state index < -0.39 is 5.91 Å². The van der Waals surface area contributed by atoms with E-state index in [1.54, 1.807) is 18.3 Å². The number of para-hydroxylation sites is 1. The Hall–Kier alpha value is -3.10. The van der Waals surface area contributed by atoms with Crippen LogP contribution >= 0.6 is 0 Å². The Morgan fingerprint density at radius 3 is 2.71 bits per heavy atom. The minimum atomic E-state index is -0.489. The summed E-state index contributed by atoms with van der Waals surface area (Å²) in [6.07, 6.45) is 3.04. The molecule has 0 saturated carbocycles. The van der Waals surface area contributed by atoms with Gasteiger partial charge in [-0.2, -0.15) is 0 Å². The summed E-state index contributed by atoms with van der Waals surface area (Å²) < 4.78 is 1.87. The van der Waals surface area contributed by atoms with Gasteiger partial charge in [-0.1, -0.05) is 18.2 Å². The van der Waals surface area contributed by atoms with Gasteiger partial charge in [0.15, 0.2) is 12.4 Å².